The molecule has 4 nitrogen and oxygen atoms in total. The van der Waals surface area contributed by atoms with Crippen LogP contribution in [0.3, 0.4) is 0 Å². The van der Waals surface area contributed by atoms with Crippen molar-refractivity contribution >= 4 is 28.8 Å². The summed E-state index contributed by atoms with van der Waals surface area (Å²) >= 11 is 7.38. The fourth-order valence-electron chi connectivity index (χ4n) is 2.50. The number of hydrogen-bond donors (Lipinski definition) is 0. The van der Waals surface area contributed by atoms with Gasteiger partial charge in [-0.1, -0.05) is 35.9 Å². The van der Waals surface area contributed by atoms with Gasteiger partial charge in [-0.25, -0.2) is 4.98 Å². The number of carbonyl (C=O) groups is 1. The molecule has 1 amide bonds. The lowest BCUT2D eigenvalue weighted by Crippen LogP contribution is -2.30. The van der Waals surface area contributed by atoms with Crippen molar-refractivity contribution in [1.82, 2.24) is 9.88 Å². The number of aromatic nitrogens is 1. The molecule has 0 aliphatic carbocycles. The number of thiazole rings is 1. The van der Waals surface area contributed by atoms with Crippen molar-refractivity contribution in [2.45, 2.75) is 13.2 Å². The van der Waals surface area contributed by atoms with E-state index < -0.39 is 0 Å². The van der Waals surface area contributed by atoms with E-state index in [4.69, 9.17) is 16.3 Å². The Balaban J connectivity index is 1.62. The third-order valence-corrected chi connectivity index (χ3v) is 4.91. The molecular formula is C21H19ClN2O2S. The number of benzene rings is 2. The second kappa shape index (κ2) is 9.35. The highest BCUT2D eigenvalue weighted by Gasteiger charge is 2.16. The summed E-state index contributed by atoms with van der Waals surface area (Å²) < 4.78 is 5.72. The average Bonchev–Trinajstić information content (AvgIpc) is 3.15. The lowest BCUT2D eigenvalue weighted by molar-refractivity contribution is 0.0761. The van der Waals surface area contributed by atoms with E-state index in [1.54, 1.807) is 23.1 Å². The molecule has 3 aromatic rings. The van der Waals surface area contributed by atoms with Crippen LogP contribution in [0.4, 0.5) is 0 Å². The van der Waals surface area contributed by atoms with Gasteiger partial charge in [0.2, 0.25) is 0 Å². The molecule has 0 radical (unpaired) electrons. The van der Waals surface area contributed by atoms with Crippen molar-refractivity contribution in [2.24, 2.45) is 0 Å². The van der Waals surface area contributed by atoms with E-state index in [1.165, 1.54) is 11.3 Å². The Morgan fingerprint density at radius 3 is 2.63 bits per heavy atom. The molecule has 27 heavy (non-hydrogen) atoms. The maximum atomic E-state index is 12.7. The van der Waals surface area contributed by atoms with Gasteiger partial charge in [-0.2, -0.15) is 0 Å². The molecule has 0 atom stereocenters. The van der Waals surface area contributed by atoms with E-state index in [0.29, 0.717) is 30.3 Å². The van der Waals surface area contributed by atoms with Crippen LogP contribution in [-0.2, 0) is 13.2 Å². The Morgan fingerprint density at radius 1 is 1.19 bits per heavy atom. The van der Waals surface area contributed by atoms with Crippen molar-refractivity contribution in [3.8, 4) is 5.75 Å². The van der Waals surface area contributed by atoms with Crippen LogP contribution in [0.2, 0.25) is 5.02 Å². The van der Waals surface area contributed by atoms with E-state index in [2.05, 4.69) is 11.6 Å². The zero-order valence-electron chi connectivity index (χ0n) is 14.7. The Bertz CT molecular complexity index is 894. The highest BCUT2D eigenvalue weighted by atomic mass is 35.5. The Labute approximate surface area is 167 Å². The second-order valence-electron chi connectivity index (χ2n) is 5.82. The molecule has 0 N–H and O–H groups in total. The quantitative estimate of drug-likeness (QED) is 0.489. The predicted octanol–water partition coefficient (Wildman–Crippen LogP) is 5.20. The van der Waals surface area contributed by atoms with Crippen LogP contribution >= 0.6 is 22.9 Å². The van der Waals surface area contributed by atoms with E-state index in [9.17, 15) is 4.79 Å². The largest absolute Gasteiger partial charge is 0.486 e. The second-order valence-corrected chi connectivity index (χ2v) is 7.19. The van der Waals surface area contributed by atoms with Gasteiger partial charge in [-0.05, 0) is 36.4 Å². The average molecular weight is 399 g/mol. The monoisotopic (exact) mass is 398 g/mol. The summed E-state index contributed by atoms with van der Waals surface area (Å²) in [6.45, 7) is 5.01. The van der Waals surface area contributed by atoms with Crippen molar-refractivity contribution in [3.63, 3.8) is 0 Å². The first-order valence-corrected chi connectivity index (χ1v) is 9.68. The third-order valence-electron chi connectivity index (χ3n) is 3.79. The minimum atomic E-state index is -0.0394. The summed E-state index contributed by atoms with van der Waals surface area (Å²) in [6.07, 6.45) is 1.72. The van der Waals surface area contributed by atoms with E-state index in [0.717, 1.165) is 16.5 Å². The highest BCUT2D eigenvalue weighted by molar-refractivity contribution is 7.09. The van der Waals surface area contributed by atoms with Gasteiger partial charge in [0.1, 0.15) is 17.4 Å². The number of halogens is 1. The van der Waals surface area contributed by atoms with Crippen LogP contribution in [0.1, 0.15) is 21.1 Å². The van der Waals surface area contributed by atoms with Crippen molar-refractivity contribution in [2.75, 3.05) is 6.54 Å². The Morgan fingerprint density at radius 2 is 1.93 bits per heavy atom. The van der Waals surface area contributed by atoms with Crippen molar-refractivity contribution in [3.05, 3.63) is 93.9 Å². The lowest BCUT2D eigenvalue weighted by Gasteiger charge is -2.20. The van der Waals surface area contributed by atoms with Crippen LogP contribution in [0.15, 0.2) is 72.6 Å². The molecule has 6 heteroatoms. The molecule has 0 spiro atoms. The number of rotatable bonds is 8. The van der Waals surface area contributed by atoms with Crippen molar-refractivity contribution in [1.29, 1.82) is 0 Å². The standard InChI is InChI=1S/C21H19ClN2O2S/c1-2-12-24(21(25)16-6-4-3-5-7-16)13-18-15-27-20(23-18)14-26-19-10-8-17(22)9-11-19/h2-11,15H,1,12-14H2. The fraction of sp³-hybridized carbons (Fsp3) is 0.143. The summed E-state index contributed by atoms with van der Waals surface area (Å²) in [5.74, 6) is 0.700. The first kappa shape index (κ1) is 19.1. The summed E-state index contributed by atoms with van der Waals surface area (Å²) in [6, 6.07) is 16.4. The molecule has 3 rings (SSSR count). The summed E-state index contributed by atoms with van der Waals surface area (Å²) in [7, 11) is 0. The van der Waals surface area contributed by atoms with Crippen LogP contribution < -0.4 is 4.74 Å². The molecule has 0 saturated carbocycles. The van der Waals surface area contributed by atoms with Gasteiger partial charge >= 0.3 is 0 Å². The molecular weight excluding hydrogens is 380 g/mol. The fourth-order valence-corrected chi connectivity index (χ4v) is 3.32. The normalized spacial score (nSPS) is 10.4. The van der Waals surface area contributed by atoms with Crippen LogP contribution in [0.25, 0.3) is 0 Å². The highest BCUT2D eigenvalue weighted by Crippen LogP contribution is 2.19. The van der Waals surface area contributed by atoms with Gasteiger partial charge in [0.15, 0.2) is 0 Å². The number of hydrogen-bond acceptors (Lipinski definition) is 4. The topological polar surface area (TPSA) is 42.4 Å². The van der Waals surface area contributed by atoms with Gasteiger partial charge in [-0.15, -0.1) is 17.9 Å². The zero-order chi connectivity index (χ0) is 19.1. The molecule has 0 bridgehead atoms. The van der Waals surface area contributed by atoms with Gasteiger partial charge in [0.05, 0.1) is 12.2 Å². The molecule has 0 fully saturated rings. The number of nitrogens with zero attached hydrogens (tertiary/aromatic N) is 2. The van der Waals surface area contributed by atoms with Crippen LogP contribution in [0, 0.1) is 0 Å². The van der Waals surface area contributed by atoms with Gasteiger partial charge in [-0.3, -0.25) is 4.79 Å². The summed E-state index contributed by atoms with van der Waals surface area (Å²) in [5.41, 5.74) is 1.49. The maximum absolute atomic E-state index is 12.7. The molecule has 0 aliphatic rings. The Kier molecular flexibility index (Phi) is 6.63. The number of amides is 1. The minimum absolute atomic E-state index is 0.0394. The molecule has 1 heterocycles. The minimum Gasteiger partial charge on any atom is -0.486 e. The Hall–Kier alpha value is -2.63. The van der Waals surface area contributed by atoms with E-state index in [1.807, 2.05) is 47.8 Å². The predicted molar refractivity (Wildman–Crippen MR) is 109 cm³/mol. The number of carbonyl (C=O) groups excluding carboxylic acids is 1. The first-order valence-electron chi connectivity index (χ1n) is 8.42. The third kappa shape index (κ3) is 5.42. The first-order chi connectivity index (χ1) is 13.2. The van der Waals surface area contributed by atoms with Gasteiger partial charge in [0.25, 0.3) is 5.91 Å². The molecule has 2 aromatic carbocycles. The lowest BCUT2D eigenvalue weighted by atomic mass is 10.2. The molecule has 0 saturated heterocycles. The molecule has 0 unspecified atom stereocenters. The maximum Gasteiger partial charge on any atom is 0.254 e. The molecule has 138 valence electrons. The SMILES string of the molecule is C=CCN(Cc1csc(COc2ccc(Cl)cc2)n1)C(=O)c1ccccc1. The van der Waals surface area contributed by atoms with Crippen LogP contribution in [-0.4, -0.2) is 22.3 Å². The van der Waals surface area contributed by atoms with Crippen molar-refractivity contribution < 1.29 is 9.53 Å². The molecule has 0 aliphatic heterocycles. The zero-order valence-corrected chi connectivity index (χ0v) is 16.2. The van der Waals surface area contributed by atoms with Gasteiger partial charge < -0.3 is 9.64 Å². The summed E-state index contributed by atoms with van der Waals surface area (Å²) in [5, 5.41) is 3.48. The van der Waals surface area contributed by atoms with E-state index >= 15 is 0 Å². The van der Waals surface area contributed by atoms with Gasteiger partial charge in [0, 0.05) is 22.5 Å². The summed E-state index contributed by atoms with van der Waals surface area (Å²) in [4.78, 5) is 19.0. The number of ether oxygens (including phenoxy) is 1. The molecule has 1 aromatic heterocycles. The van der Waals surface area contributed by atoms with Crippen LogP contribution in [0.5, 0.6) is 5.75 Å². The smallest absolute Gasteiger partial charge is 0.254 e. The van der Waals surface area contributed by atoms with E-state index in [-0.39, 0.29) is 5.91 Å².